The summed E-state index contributed by atoms with van der Waals surface area (Å²) in [5.74, 6) is 0.979. The predicted molar refractivity (Wildman–Crippen MR) is 109 cm³/mol. The van der Waals surface area contributed by atoms with Crippen LogP contribution in [0.3, 0.4) is 0 Å². The summed E-state index contributed by atoms with van der Waals surface area (Å²) in [6, 6.07) is 12.7. The average Bonchev–Trinajstić information content (AvgIpc) is 2.96. The Bertz CT molecular complexity index is 885. The summed E-state index contributed by atoms with van der Waals surface area (Å²) in [4.78, 5) is 17.9. The minimum absolute atomic E-state index is 0.0398. The van der Waals surface area contributed by atoms with Crippen molar-refractivity contribution in [1.82, 2.24) is 4.98 Å². The first-order chi connectivity index (χ1) is 12.0. The van der Waals surface area contributed by atoms with Gasteiger partial charge in [-0.05, 0) is 62.3 Å². The number of benzene rings is 2. The van der Waals surface area contributed by atoms with Crippen molar-refractivity contribution in [3.63, 3.8) is 0 Å². The van der Waals surface area contributed by atoms with E-state index in [1.54, 1.807) is 23.1 Å². The molecule has 1 amide bonds. The molecule has 5 heteroatoms. The Morgan fingerprint density at radius 2 is 1.88 bits per heavy atom. The van der Waals surface area contributed by atoms with Crippen molar-refractivity contribution in [2.75, 3.05) is 11.1 Å². The Hall–Kier alpha value is -1.85. The Balaban J connectivity index is 1.49. The number of rotatable bonds is 6. The van der Waals surface area contributed by atoms with Crippen LogP contribution >= 0.6 is 23.1 Å². The molecule has 2 aromatic carbocycles. The topological polar surface area (TPSA) is 42.0 Å². The fraction of sp³-hybridized carbons (Fsp3) is 0.300. The van der Waals surface area contributed by atoms with Crippen LogP contribution in [0.2, 0.25) is 0 Å². The Morgan fingerprint density at radius 1 is 1.12 bits per heavy atom. The van der Waals surface area contributed by atoms with E-state index >= 15 is 0 Å². The van der Waals surface area contributed by atoms with Crippen molar-refractivity contribution in [1.29, 1.82) is 0 Å². The molecule has 0 aliphatic carbocycles. The van der Waals surface area contributed by atoms with Crippen molar-refractivity contribution in [2.24, 2.45) is 0 Å². The maximum Gasteiger partial charge on any atom is 0.226 e. The van der Waals surface area contributed by atoms with Crippen LogP contribution in [0.1, 0.15) is 29.5 Å². The number of fused-ring (bicyclic) bond motifs is 1. The van der Waals surface area contributed by atoms with Gasteiger partial charge in [-0.1, -0.05) is 35.1 Å². The number of nitrogens with zero attached hydrogens (tertiary/aromatic N) is 1. The maximum atomic E-state index is 12.1. The summed E-state index contributed by atoms with van der Waals surface area (Å²) in [5.41, 5.74) is 4.64. The lowest BCUT2D eigenvalue weighted by molar-refractivity contribution is -0.116. The van der Waals surface area contributed by atoms with E-state index in [1.807, 2.05) is 0 Å². The fourth-order valence-electron chi connectivity index (χ4n) is 2.67. The van der Waals surface area contributed by atoms with Crippen LogP contribution in [0.5, 0.6) is 0 Å². The zero-order chi connectivity index (χ0) is 17.8. The highest BCUT2D eigenvalue weighted by molar-refractivity contribution is 7.99. The maximum absolute atomic E-state index is 12.1. The standard InChI is InChI=1S/C20H22N2OS2/c1-13-6-8-16(9-7-13)24-10-4-5-18(23)22-20-21-17-12-14(2)11-15(3)19(17)25-20/h6-9,11-12H,4-5,10H2,1-3H3,(H,21,22,23). The molecule has 1 aromatic heterocycles. The summed E-state index contributed by atoms with van der Waals surface area (Å²) < 4.78 is 1.15. The fourth-order valence-corrected chi connectivity index (χ4v) is 4.45. The molecule has 1 heterocycles. The molecule has 25 heavy (non-hydrogen) atoms. The third kappa shape index (κ3) is 4.83. The summed E-state index contributed by atoms with van der Waals surface area (Å²) in [6.45, 7) is 6.24. The largest absolute Gasteiger partial charge is 0.302 e. The number of aryl methyl sites for hydroxylation is 3. The third-order valence-electron chi connectivity index (χ3n) is 3.90. The third-order valence-corrected chi connectivity index (χ3v) is 6.12. The first-order valence-corrected chi connectivity index (χ1v) is 10.2. The lowest BCUT2D eigenvalue weighted by atomic mass is 10.1. The van der Waals surface area contributed by atoms with E-state index in [2.05, 4.69) is 67.5 Å². The van der Waals surface area contributed by atoms with Gasteiger partial charge in [0.15, 0.2) is 5.13 Å². The molecular weight excluding hydrogens is 348 g/mol. The minimum Gasteiger partial charge on any atom is -0.302 e. The second-order valence-electron chi connectivity index (χ2n) is 6.26. The normalized spacial score (nSPS) is 11.0. The van der Waals surface area contributed by atoms with E-state index < -0.39 is 0 Å². The summed E-state index contributed by atoms with van der Waals surface area (Å²) in [6.07, 6.45) is 1.38. The Kier molecular flexibility index (Phi) is 5.76. The number of thioether (sulfide) groups is 1. The van der Waals surface area contributed by atoms with Gasteiger partial charge in [-0.2, -0.15) is 0 Å². The molecule has 0 spiro atoms. The van der Waals surface area contributed by atoms with Gasteiger partial charge in [-0.15, -0.1) is 11.8 Å². The van der Waals surface area contributed by atoms with E-state index in [9.17, 15) is 4.79 Å². The van der Waals surface area contributed by atoms with Crippen molar-refractivity contribution >= 4 is 44.4 Å². The lowest BCUT2D eigenvalue weighted by Gasteiger charge is -2.03. The highest BCUT2D eigenvalue weighted by Crippen LogP contribution is 2.30. The molecule has 1 N–H and O–H groups in total. The molecule has 3 aromatic rings. The average molecular weight is 371 g/mol. The van der Waals surface area contributed by atoms with Crippen LogP contribution in [0.15, 0.2) is 41.3 Å². The van der Waals surface area contributed by atoms with E-state index in [4.69, 9.17) is 0 Å². The summed E-state index contributed by atoms with van der Waals surface area (Å²) in [5, 5.41) is 3.64. The number of hydrogen-bond donors (Lipinski definition) is 1. The molecule has 0 aliphatic rings. The molecule has 3 nitrogen and oxygen atoms in total. The lowest BCUT2D eigenvalue weighted by Crippen LogP contribution is -2.11. The molecule has 130 valence electrons. The van der Waals surface area contributed by atoms with Gasteiger partial charge < -0.3 is 5.32 Å². The van der Waals surface area contributed by atoms with Crippen molar-refractivity contribution in [3.05, 3.63) is 53.1 Å². The highest BCUT2D eigenvalue weighted by Gasteiger charge is 2.10. The first-order valence-electron chi connectivity index (χ1n) is 8.38. The number of anilines is 1. The molecule has 0 fully saturated rings. The SMILES string of the molecule is Cc1ccc(SCCCC(=O)Nc2nc3cc(C)cc(C)c3s2)cc1. The van der Waals surface area contributed by atoms with Gasteiger partial charge in [0.2, 0.25) is 5.91 Å². The van der Waals surface area contributed by atoms with Crippen molar-refractivity contribution in [2.45, 2.75) is 38.5 Å². The molecule has 0 bridgehead atoms. The van der Waals surface area contributed by atoms with Gasteiger partial charge in [-0.25, -0.2) is 4.98 Å². The van der Waals surface area contributed by atoms with E-state index in [0.29, 0.717) is 11.6 Å². The Labute approximate surface area is 156 Å². The number of carbonyl (C=O) groups is 1. The molecule has 0 saturated carbocycles. The summed E-state index contributed by atoms with van der Waals surface area (Å²) >= 11 is 3.34. The molecule has 0 unspecified atom stereocenters. The van der Waals surface area contributed by atoms with Crippen molar-refractivity contribution < 1.29 is 4.79 Å². The van der Waals surface area contributed by atoms with Gasteiger partial charge >= 0.3 is 0 Å². The van der Waals surface area contributed by atoms with E-state index in [-0.39, 0.29) is 5.91 Å². The second-order valence-corrected chi connectivity index (χ2v) is 8.43. The van der Waals surface area contributed by atoms with E-state index in [1.165, 1.54) is 21.6 Å². The smallest absolute Gasteiger partial charge is 0.226 e. The molecule has 0 saturated heterocycles. The van der Waals surface area contributed by atoms with Crippen molar-refractivity contribution in [3.8, 4) is 0 Å². The number of aromatic nitrogens is 1. The predicted octanol–water partition coefficient (Wildman–Crippen LogP) is 5.73. The molecular formula is C20H22N2OS2. The molecule has 0 radical (unpaired) electrons. The quantitative estimate of drug-likeness (QED) is 0.445. The van der Waals surface area contributed by atoms with Gasteiger partial charge in [0.1, 0.15) is 0 Å². The zero-order valence-electron chi connectivity index (χ0n) is 14.8. The number of carbonyl (C=O) groups excluding carboxylic acids is 1. The first kappa shape index (κ1) is 18.0. The van der Waals surface area contributed by atoms with Crippen LogP contribution in [-0.2, 0) is 4.79 Å². The number of nitrogens with one attached hydrogen (secondary N) is 1. The highest BCUT2D eigenvalue weighted by atomic mass is 32.2. The van der Waals surface area contributed by atoms with Crippen LogP contribution in [0.4, 0.5) is 5.13 Å². The van der Waals surface area contributed by atoms with Gasteiger partial charge in [0, 0.05) is 11.3 Å². The van der Waals surface area contributed by atoms with Crippen LogP contribution in [-0.4, -0.2) is 16.6 Å². The van der Waals surface area contributed by atoms with Crippen LogP contribution in [0, 0.1) is 20.8 Å². The van der Waals surface area contributed by atoms with Gasteiger partial charge in [-0.3, -0.25) is 4.79 Å². The van der Waals surface area contributed by atoms with Crippen LogP contribution < -0.4 is 5.32 Å². The number of amides is 1. The van der Waals surface area contributed by atoms with E-state index in [0.717, 1.165) is 22.4 Å². The van der Waals surface area contributed by atoms with Gasteiger partial charge in [0.25, 0.3) is 0 Å². The Morgan fingerprint density at radius 3 is 2.64 bits per heavy atom. The minimum atomic E-state index is 0.0398. The monoisotopic (exact) mass is 370 g/mol. The second kappa shape index (κ2) is 8.02. The molecule has 3 rings (SSSR count). The van der Waals surface area contributed by atoms with Gasteiger partial charge in [0.05, 0.1) is 10.2 Å². The number of thiazole rings is 1. The van der Waals surface area contributed by atoms with Crippen LogP contribution in [0.25, 0.3) is 10.2 Å². The zero-order valence-corrected chi connectivity index (χ0v) is 16.4. The molecule has 0 aliphatic heterocycles. The summed E-state index contributed by atoms with van der Waals surface area (Å²) in [7, 11) is 0. The number of hydrogen-bond acceptors (Lipinski definition) is 4. The molecule has 0 atom stereocenters.